The Hall–Kier alpha value is -1.16. The third-order valence-corrected chi connectivity index (χ3v) is 2.58. The standard InChI is InChI=1S/C12H21N3O/c1-4-13-10(3)8-11(16)9-12-14-6-7-15(12)5-2/h6-7,10,13H,4-5,8-9H2,1-3H3. The Kier molecular flexibility index (Phi) is 5.19. The Morgan fingerprint density at radius 2 is 2.31 bits per heavy atom. The van der Waals surface area contributed by atoms with Gasteiger partial charge in [0.25, 0.3) is 0 Å². The Bertz CT molecular complexity index is 333. The van der Waals surface area contributed by atoms with Gasteiger partial charge in [-0.25, -0.2) is 4.98 Å². The van der Waals surface area contributed by atoms with E-state index in [2.05, 4.69) is 17.2 Å². The summed E-state index contributed by atoms with van der Waals surface area (Å²) >= 11 is 0. The molecule has 0 radical (unpaired) electrons. The maximum absolute atomic E-state index is 11.8. The topological polar surface area (TPSA) is 46.9 Å². The molecule has 0 amide bonds. The van der Waals surface area contributed by atoms with E-state index in [1.165, 1.54) is 0 Å². The summed E-state index contributed by atoms with van der Waals surface area (Å²) in [7, 11) is 0. The lowest BCUT2D eigenvalue weighted by Crippen LogP contribution is -2.28. The van der Waals surface area contributed by atoms with Crippen LogP contribution < -0.4 is 5.32 Å². The van der Waals surface area contributed by atoms with Gasteiger partial charge < -0.3 is 9.88 Å². The summed E-state index contributed by atoms with van der Waals surface area (Å²) in [6.07, 6.45) is 4.68. The third-order valence-electron chi connectivity index (χ3n) is 2.58. The van der Waals surface area contributed by atoms with Gasteiger partial charge in [-0.15, -0.1) is 0 Å². The minimum Gasteiger partial charge on any atom is -0.335 e. The Morgan fingerprint density at radius 1 is 1.56 bits per heavy atom. The van der Waals surface area contributed by atoms with Crippen LogP contribution in [0.4, 0.5) is 0 Å². The second kappa shape index (κ2) is 6.43. The fraction of sp³-hybridized carbons (Fsp3) is 0.667. The van der Waals surface area contributed by atoms with Crippen LogP contribution in [-0.2, 0) is 17.8 Å². The molecule has 1 atom stereocenters. The number of hydrogen-bond acceptors (Lipinski definition) is 3. The van der Waals surface area contributed by atoms with Crippen LogP contribution in [0.25, 0.3) is 0 Å². The maximum atomic E-state index is 11.8. The first kappa shape index (κ1) is 12.9. The normalized spacial score (nSPS) is 12.7. The predicted molar refractivity (Wildman–Crippen MR) is 64.4 cm³/mol. The molecule has 1 N–H and O–H groups in total. The molecule has 16 heavy (non-hydrogen) atoms. The fourth-order valence-electron chi connectivity index (χ4n) is 1.81. The van der Waals surface area contributed by atoms with Crippen molar-refractivity contribution >= 4 is 5.78 Å². The number of carbonyl (C=O) groups excluding carboxylic acids is 1. The van der Waals surface area contributed by atoms with Gasteiger partial charge in [-0.3, -0.25) is 4.79 Å². The van der Waals surface area contributed by atoms with Gasteiger partial charge in [0.1, 0.15) is 11.6 Å². The molecule has 0 aliphatic carbocycles. The van der Waals surface area contributed by atoms with Crippen LogP contribution in [0.2, 0.25) is 0 Å². The molecule has 0 saturated carbocycles. The lowest BCUT2D eigenvalue weighted by molar-refractivity contribution is -0.119. The van der Waals surface area contributed by atoms with E-state index in [0.29, 0.717) is 12.8 Å². The lowest BCUT2D eigenvalue weighted by atomic mass is 10.1. The van der Waals surface area contributed by atoms with Crippen molar-refractivity contribution in [2.24, 2.45) is 0 Å². The fourth-order valence-corrected chi connectivity index (χ4v) is 1.81. The maximum Gasteiger partial charge on any atom is 0.141 e. The quantitative estimate of drug-likeness (QED) is 0.760. The number of carbonyl (C=O) groups is 1. The number of aryl methyl sites for hydroxylation is 1. The molecule has 1 heterocycles. The van der Waals surface area contributed by atoms with Crippen molar-refractivity contribution in [1.29, 1.82) is 0 Å². The van der Waals surface area contributed by atoms with Crippen molar-refractivity contribution in [3.63, 3.8) is 0 Å². The van der Waals surface area contributed by atoms with Crippen LogP contribution in [-0.4, -0.2) is 27.9 Å². The van der Waals surface area contributed by atoms with Crippen molar-refractivity contribution in [3.8, 4) is 0 Å². The average molecular weight is 223 g/mol. The first-order chi connectivity index (χ1) is 7.67. The van der Waals surface area contributed by atoms with Gasteiger partial charge in [0.15, 0.2) is 0 Å². The molecule has 0 aromatic carbocycles. The summed E-state index contributed by atoms with van der Waals surface area (Å²) in [5.74, 6) is 1.12. The number of Topliss-reactive ketones (excluding diaryl/α,β-unsaturated/α-hetero) is 1. The van der Waals surface area contributed by atoms with Crippen LogP contribution in [0.5, 0.6) is 0 Å². The number of imidazole rings is 1. The number of aromatic nitrogens is 2. The van der Waals surface area contributed by atoms with Gasteiger partial charge >= 0.3 is 0 Å². The molecule has 1 aromatic heterocycles. The molecule has 0 spiro atoms. The SMILES string of the molecule is CCNC(C)CC(=O)Cc1nccn1CC. The highest BCUT2D eigenvalue weighted by Gasteiger charge is 2.11. The molecule has 4 heteroatoms. The molecule has 0 aliphatic heterocycles. The molecule has 0 bridgehead atoms. The Labute approximate surface area is 97.1 Å². The zero-order valence-corrected chi connectivity index (χ0v) is 10.4. The van der Waals surface area contributed by atoms with Crippen molar-refractivity contribution in [1.82, 2.24) is 14.9 Å². The van der Waals surface area contributed by atoms with E-state index in [1.54, 1.807) is 6.20 Å². The molecular weight excluding hydrogens is 202 g/mol. The second-order valence-corrected chi connectivity index (χ2v) is 4.01. The Balaban J connectivity index is 2.45. The minimum absolute atomic E-state index is 0.245. The lowest BCUT2D eigenvalue weighted by Gasteiger charge is -2.11. The van der Waals surface area contributed by atoms with Gasteiger partial charge in [-0.1, -0.05) is 6.92 Å². The van der Waals surface area contributed by atoms with Gasteiger partial charge in [0.05, 0.1) is 6.42 Å². The van der Waals surface area contributed by atoms with Crippen molar-refractivity contribution in [2.75, 3.05) is 6.54 Å². The van der Waals surface area contributed by atoms with E-state index in [0.717, 1.165) is 18.9 Å². The molecular formula is C12H21N3O. The first-order valence-corrected chi connectivity index (χ1v) is 5.92. The van der Waals surface area contributed by atoms with Gasteiger partial charge in [-0.05, 0) is 20.4 Å². The predicted octanol–water partition coefficient (Wildman–Crippen LogP) is 1.40. The van der Waals surface area contributed by atoms with Crippen LogP contribution in [0, 0.1) is 0 Å². The van der Waals surface area contributed by atoms with Gasteiger partial charge in [0, 0.05) is 31.4 Å². The monoisotopic (exact) mass is 223 g/mol. The van der Waals surface area contributed by atoms with Gasteiger partial charge in [0.2, 0.25) is 0 Å². The number of ketones is 1. The summed E-state index contributed by atoms with van der Waals surface area (Å²) in [5, 5.41) is 3.24. The molecule has 1 unspecified atom stereocenters. The van der Waals surface area contributed by atoms with Crippen molar-refractivity contribution in [2.45, 2.75) is 46.2 Å². The largest absolute Gasteiger partial charge is 0.335 e. The van der Waals surface area contributed by atoms with Crippen molar-refractivity contribution < 1.29 is 4.79 Å². The van der Waals surface area contributed by atoms with Crippen LogP contribution >= 0.6 is 0 Å². The summed E-state index contributed by atoms with van der Waals surface area (Å²) in [6, 6.07) is 0.252. The highest BCUT2D eigenvalue weighted by Crippen LogP contribution is 2.02. The molecule has 0 aliphatic rings. The van der Waals surface area contributed by atoms with E-state index in [-0.39, 0.29) is 11.8 Å². The number of nitrogens with zero attached hydrogens (tertiary/aromatic N) is 2. The van der Waals surface area contributed by atoms with Crippen LogP contribution in [0.3, 0.4) is 0 Å². The molecule has 4 nitrogen and oxygen atoms in total. The van der Waals surface area contributed by atoms with Crippen molar-refractivity contribution in [3.05, 3.63) is 18.2 Å². The van der Waals surface area contributed by atoms with Crippen LogP contribution in [0.1, 0.15) is 33.0 Å². The van der Waals surface area contributed by atoms with E-state index in [4.69, 9.17) is 0 Å². The van der Waals surface area contributed by atoms with Crippen LogP contribution in [0.15, 0.2) is 12.4 Å². The summed E-state index contributed by atoms with van der Waals surface area (Å²) in [6.45, 7) is 7.90. The zero-order chi connectivity index (χ0) is 12.0. The third kappa shape index (κ3) is 3.77. The molecule has 0 saturated heterocycles. The Morgan fingerprint density at radius 3 is 2.94 bits per heavy atom. The zero-order valence-electron chi connectivity index (χ0n) is 10.4. The first-order valence-electron chi connectivity index (χ1n) is 5.92. The molecule has 1 rings (SSSR count). The highest BCUT2D eigenvalue weighted by atomic mass is 16.1. The second-order valence-electron chi connectivity index (χ2n) is 4.01. The minimum atomic E-state index is 0.245. The summed E-state index contributed by atoms with van der Waals surface area (Å²) in [5.41, 5.74) is 0. The number of rotatable bonds is 7. The number of nitrogens with one attached hydrogen (secondary N) is 1. The summed E-state index contributed by atoms with van der Waals surface area (Å²) < 4.78 is 2.01. The highest BCUT2D eigenvalue weighted by molar-refractivity contribution is 5.80. The average Bonchev–Trinajstić information content (AvgIpc) is 2.65. The van der Waals surface area contributed by atoms with E-state index in [9.17, 15) is 4.79 Å². The molecule has 0 fully saturated rings. The summed E-state index contributed by atoms with van der Waals surface area (Å²) in [4.78, 5) is 16.0. The molecule has 1 aromatic rings. The van der Waals surface area contributed by atoms with E-state index in [1.807, 2.05) is 24.6 Å². The van der Waals surface area contributed by atoms with E-state index >= 15 is 0 Å². The molecule has 90 valence electrons. The van der Waals surface area contributed by atoms with Gasteiger partial charge in [-0.2, -0.15) is 0 Å². The number of hydrogen-bond donors (Lipinski definition) is 1. The smallest absolute Gasteiger partial charge is 0.141 e. The van der Waals surface area contributed by atoms with E-state index < -0.39 is 0 Å².